The highest BCUT2D eigenvalue weighted by molar-refractivity contribution is 7.38. The van der Waals surface area contributed by atoms with Crippen molar-refractivity contribution >= 4 is 8.03 Å². The molecule has 2 saturated heterocycles. The van der Waals surface area contributed by atoms with E-state index in [0.29, 0.717) is 0 Å². The average Bonchev–Trinajstić information content (AvgIpc) is 2.57. The summed E-state index contributed by atoms with van der Waals surface area (Å²) in [4.78, 5) is 11.1. The van der Waals surface area contributed by atoms with Crippen molar-refractivity contribution in [3.05, 3.63) is 0 Å². The second kappa shape index (κ2) is 7.70. The summed E-state index contributed by atoms with van der Waals surface area (Å²) in [5.74, 6) is 0. The Labute approximate surface area is 141 Å². The summed E-state index contributed by atoms with van der Waals surface area (Å²) in [6.45, 7) is -0.976. The predicted molar refractivity (Wildman–Crippen MR) is 70.3 cm³/mol. The zero-order valence-corrected chi connectivity index (χ0v) is 13.4. The standard InChI is InChI=1S/C11H19O13P/c12-1-2-7(6(16)8(17)11(19,24-2)25(20)21)22-10-5(15)3(13)4(14)9(18)23-10/h2-10,12-19H,1H2/t2-,3+,4+,5-,6-,7-,8-,9+,10-,11-/m1/s1. The summed E-state index contributed by atoms with van der Waals surface area (Å²) < 4.78 is 25.6. The largest absolute Gasteiger partial charge is 0.591 e. The minimum atomic E-state index is -3.80. The first-order chi connectivity index (χ1) is 11.5. The molecule has 0 amide bonds. The van der Waals surface area contributed by atoms with Crippen LogP contribution >= 0.6 is 8.03 Å². The summed E-state index contributed by atoms with van der Waals surface area (Å²) >= 11 is 0. The molecule has 2 rings (SSSR count). The molecule has 13 nitrogen and oxygen atoms in total. The lowest BCUT2D eigenvalue weighted by molar-refractivity contribution is -0.384. The molecule has 0 spiro atoms. The van der Waals surface area contributed by atoms with Gasteiger partial charge in [0.15, 0.2) is 18.7 Å². The molecule has 11 atom stereocenters. The predicted octanol–water partition coefficient (Wildman–Crippen LogP) is -6.01. The second-order valence-electron chi connectivity index (χ2n) is 5.66. The second-order valence-corrected chi connectivity index (χ2v) is 6.81. The highest BCUT2D eigenvalue weighted by atomic mass is 31.1. The van der Waals surface area contributed by atoms with Crippen molar-refractivity contribution in [1.82, 2.24) is 0 Å². The Morgan fingerprint density at radius 2 is 1.64 bits per heavy atom. The van der Waals surface area contributed by atoms with Crippen LogP contribution in [-0.2, 0) is 18.8 Å². The zero-order valence-electron chi connectivity index (χ0n) is 12.5. The van der Waals surface area contributed by atoms with E-state index in [9.17, 15) is 50.3 Å². The van der Waals surface area contributed by atoms with Crippen molar-refractivity contribution in [3.63, 3.8) is 0 Å². The van der Waals surface area contributed by atoms with Crippen LogP contribution in [0, 0.1) is 0 Å². The van der Waals surface area contributed by atoms with Gasteiger partial charge in [0.2, 0.25) is 0 Å². The Morgan fingerprint density at radius 1 is 1.04 bits per heavy atom. The number of rotatable bonds is 4. The van der Waals surface area contributed by atoms with Crippen LogP contribution in [0.3, 0.4) is 0 Å². The SMILES string of the molecule is O=[P+]([O-])[C@]1(O)O[C@H](CO)[C@@H](O[C@@H]2O[C@H](O)[C@@H](O)[C@H](O)[C@H]2O)[C@@H](O)[C@H]1O. The first-order valence-electron chi connectivity index (χ1n) is 7.09. The molecular formula is C11H19O13P. The number of aliphatic hydroxyl groups excluding tert-OH is 7. The molecule has 0 aromatic rings. The molecule has 2 aliphatic rings. The Balaban J connectivity index is 2.19. The topological polar surface area (TPSA) is 230 Å². The van der Waals surface area contributed by atoms with Crippen molar-refractivity contribution in [1.29, 1.82) is 0 Å². The van der Waals surface area contributed by atoms with Crippen LogP contribution in [0.5, 0.6) is 0 Å². The van der Waals surface area contributed by atoms with Crippen LogP contribution in [0.25, 0.3) is 0 Å². The van der Waals surface area contributed by atoms with Gasteiger partial charge in [-0.15, -0.1) is 0 Å². The van der Waals surface area contributed by atoms with E-state index in [1.54, 1.807) is 0 Å². The maximum Gasteiger partial charge on any atom is 0.399 e. The summed E-state index contributed by atoms with van der Waals surface area (Å²) in [6, 6.07) is 0. The third-order valence-corrected chi connectivity index (χ3v) is 4.91. The molecular weight excluding hydrogens is 371 g/mol. The van der Waals surface area contributed by atoms with Crippen molar-refractivity contribution in [2.45, 2.75) is 60.8 Å². The first kappa shape index (κ1) is 20.9. The van der Waals surface area contributed by atoms with E-state index < -0.39 is 75.5 Å². The molecule has 0 aliphatic carbocycles. The fourth-order valence-electron chi connectivity index (χ4n) is 2.54. The van der Waals surface area contributed by atoms with E-state index in [0.717, 1.165) is 0 Å². The average molecular weight is 390 g/mol. The Kier molecular flexibility index (Phi) is 6.44. The minimum Gasteiger partial charge on any atom is -0.591 e. The summed E-state index contributed by atoms with van der Waals surface area (Å²) in [7, 11) is -3.80. The molecule has 0 aromatic heterocycles. The Morgan fingerprint density at radius 3 is 2.16 bits per heavy atom. The first-order valence-corrected chi connectivity index (χ1v) is 8.27. The summed E-state index contributed by atoms with van der Waals surface area (Å²) in [6.07, 6.45) is -17.4. The Bertz CT molecular complexity index is 491. The summed E-state index contributed by atoms with van der Waals surface area (Å²) in [5, 5.41) is 77.0. The zero-order chi connectivity index (χ0) is 19.1. The lowest BCUT2D eigenvalue weighted by Gasteiger charge is -2.45. The highest BCUT2D eigenvalue weighted by Gasteiger charge is 2.63. The van der Waals surface area contributed by atoms with E-state index in [1.807, 2.05) is 0 Å². The quantitative estimate of drug-likeness (QED) is 0.209. The molecule has 0 aromatic carbocycles. The molecule has 2 fully saturated rings. The number of hydrogen-bond acceptors (Lipinski definition) is 13. The molecule has 14 heteroatoms. The molecule has 146 valence electrons. The highest BCUT2D eigenvalue weighted by Crippen LogP contribution is 2.42. The molecule has 1 unspecified atom stereocenters. The smallest absolute Gasteiger partial charge is 0.399 e. The lowest BCUT2D eigenvalue weighted by Crippen LogP contribution is -2.67. The van der Waals surface area contributed by atoms with Gasteiger partial charge in [0.25, 0.3) is 0 Å². The van der Waals surface area contributed by atoms with Crippen molar-refractivity contribution in [3.8, 4) is 0 Å². The molecule has 8 N–H and O–H groups in total. The number of aliphatic hydroxyl groups is 8. The van der Waals surface area contributed by atoms with Crippen molar-refractivity contribution in [2.24, 2.45) is 0 Å². The fourth-order valence-corrected chi connectivity index (χ4v) is 3.13. The fraction of sp³-hybridized carbons (Fsp3) is 1.00. The van der Waals surface area contributed by atoms with E-state index >= 15 is 0 Å². The molecule has 0 saturated carbocycles. The molecule has 25 heavy (non-hydrogen) atoms. The van der Waals surface area contributed by atoms with E-state index in [2.05, 4.69) is 0 Å². The van der Waals surface area contributed by atoms with E-state index in [-0.39, 0.29) is 0 Å². The van der Waals surface area contributed by atoms with Crippen molar-refractivity contribution in [2.75, 3.05) is 6.61 Å². The van der Waals surface area contributed by atoms with Crippen LogP contribution < -0.4 is 4.89 Å². The van der Waals surface area contributed by atoms with Gasteiger partial charge >= 0.3 is 13.6 Å². The lowest BCUT2D eigenvalue weighted by atomic mass is 9.98. The summed E-state index contributed by atoms with van der Waals surface area (Å²) in [5.41, 5.74) is -3.19. The van der Waals surface area contributed by atoms with Gasteiger partial charge < -0.3 is 55.2 Å². The normalized spacial score (nSPS) is 52.0. The van der Waals surface area contributed by atoms with Crippen LogP contribution in [0.15, 0.2) is 0 Å². The van der Waals surface area contributed by atoms with Gasteiger partial charge in [-0.2, -0.15) is 0 Å². The maximum absolute atomic E-state index is 11.1. The van der Waals surface area contributed by atoms with Gasteiger partial charge in [0, 0.05) is 0 Å². The van der Waals surface area contributed by atoms with Gasteiger partial charge in [-0.25, -0.2) is 0 Å². The number of ether oxygens (including phenoxy) is 3. The number of hydrogen-bond donors (Lipinski definition) is 8. The third kappa shape index (κ3) is 3.70. The van der Waals surface area contributed by atoms with Crippen LogP contribution in [0.4, 0.5) is 0 Å². The molecule has 2 aliphatic heterocycles. The monoisotopic (exact) mass is 390 g/mol. The van der Waals surface area contributed by atoms with Gasteiger partial charge in [0.1, 0.15) is 36.6 Å². The molecule has 0 radical (unpaired) electrons. The molecule has 2 heterocycles. The maximum atomic E-state index is 11.1. The van der Waals surface area contributed by atoms with E-state index in [1.165, 1.54) is 0 Å². The van der Waals surface area contributed by atoms with Gasteiger partial charge in [0.05, 0.1) is 6.61 Å². The Hall–Kier alpha value is -0.380. The van der Waals surface area contributed by atoms with Crippen LogP contribution in [0.2, 0.25) is 0 Å². The van der Waals surface area contributed by atoms with E-state index in [4.69, 9.17) is 14.2 Å². The van der Waals surface area contributed by atoms with Gasteiger partial charge in [-0.3, -0.25) is 4.74 Å². The minimum absolute atomic E-state index is 0.976. The van der Waals surface area contributed by atoms with Crippen LogP contribution in [-0.4, -0.2) is 108 Å². The van der Waals surface area contributed by atoms with Crippen molar-refractivity contribution < 1.29 is 64.5 Å². The van der Waals surface area contributed by atoms with Crippen LogP contribution in [0.1, 0.15) is 0 Å². The van der Waals surface area contributed by atoms with Gasteiger partial charge in [-0.1, -0.05) is 4.57 Å². The third-order valence-electron chi connectivity index (χ3n) is 4.01. The molecule has 0 bridgehead atoms. The van der Waals surface area contributed by atoms with Gasteiger partial charge in [-0.05, 0) is 0 Å².